The standard InChI is InChI=1S/C31H31N3O3/c1-30(2)16-21-14-25(36-5)29-23(17-31(3,4)37-29)27(21)28(33-30)20-12-13-34(26(35)15-20)18-22-11-10-19-8-6-7-9-24(19)32-22/h6-15H,16-18H2,1-5H3. The first-order valence-corrected chi connectivity index (χ1v) is 12.7. The first kappa shape index (κ1) is 23.5. The van der Waals surface area contributed by atoms with Crippen LogP contribution in [0.15, 0.2) is 70.6 Å². The second-order valence-electron chi connectivity index (χ2n) is 11.3. The third-order valence-electron chi connectivity index (χ3n) is 7.16. The van der Waals surface area contributed by atoms with Crippen LogP contribution < -0.4 is 15.0 Å². The minimum absolute atomic E-state index is 0.0816. The summed E-state index contributed by atoms with van der Waals surface area (Å²) in [4.78, 5) is 23.2. The fourth-order valence-electron chi connectivity index (χ4n) is 5.59. The van der Waals surface area contributed by atoms with Crippen LogP contribution in [-0.4, -0.2) is 33.5 Å². The van der Waals surface area contributed by atoms with Gasteiger partial charge in [-0.15, -0.1) is 0 Å². The van der Waals surface area contributed by atoms with Crippen LogP contribution in [0.4, 0.5) is 0 Å². The van der Waals surface area contributed by atoms with Crippen LogP contribution >= 0.6 is 0 Å². The molecule has 6 rings (SSSR count). The fraction of sp³-hybridized carbons (Fsp3) is 0.323. The summed E-state index contributed by atoms with van der Waals surface area (Å²) in [5.74, 6) is 1.55. The largest absolute Gasteiger partial charge is 0.493 e. The molecule has 0 unspecified atom stereocenters. The lowest BCUT2D eigenvalue weighted by molar-refractivity contribution is 0.134. The van der Waals surface area contributed by atoms with E-state index >= 15 is 0 Å². The second kappa shape index (κ2) is 8.30. The maximum Gasteiger partial charge on any atom is 0.251 e. The molecular weight excluding hydrogens is 462 g/mol. The van der Waals surface area contributed by atoms with E-state index in [0.29, 0.717) is 6.54 Å². The van der Waals surface area contributed by atoms with Gasteiger partial charge in [-0.25, -0.2) is 0 Å². The molecule has 0 atom stereocenters. The monoisotopic (exact) mass is 493 g/mol. The number of nitrogens with zero attached hydrogens (tertiary/aromatic N) is 3. The summed E-state index contributed by atoms with van der Waals surface area (Å²) in [6, 6.07) is 17.8. The average molecular weight is 494 g/mol. The summed E-state index contributed by atoms with van der Waals surface area (Å²) in [7, 11) is 1.68. The molecule has 0 saturated heterocycles. The third kappa shape index (κ3) is 4.20. The third-order valence-corrected chi connectivity index (χ3v) is 7.16. The van der Waals surface area contributed by atoms with E-state index in [-0.39, 0.29) is 16.7 Å². The molecule has 188 valence electrons. The number of ether oxygens (including phenoxy) is 2. The summed E-state index contributed by atoms with van der Waals surface area (Å²) in [6.45, 7) is 8.84. The molecule has 2 aromatic carbocycles. The van der Waals surface area contributed by atoms with Crippen molar-refractivity contribution in [2.24, 2.45) is 4.99 Å². The molecule has 0 fully saturated rings. The fourth-order valence-corrected chi connectivity index (χ4v) is 5.59. The van der Waals surface area contributed by atoms with E-state index in [1.54, 1.807) is 17.7 Å². The Balaban J connectivity index is 1.42. The quantitative estimate of drug-likeness (QED) is 0.385. The molecule has 0 bridgehead atoms. The van der Waals surface area contributed by atoms with Gasteiger partial charge in [0.15, 0.2) is 11.5 Å². The van der Waals surface area contributed by atoms with Crippen molar-refractivity contribution in [3.8, 4) is 11.5 Å². The Bertz CT molecular complexity index is 1650. The van der Waals surface area contributed by atoms with E-state index in [4.69, 9.17) is 19.5 Å². The topological polar surface area (TPSA) is 65.7 Å². The number of aromatic nitrogens is 2. The van der Waals surface area contributed by atoms with Gasteiger partial charge in [0.2, 0.25) is 0 Å². The van der Waals surface area contributed by atoms with Crippen molar-refractivity contribution in [1.29, 1.82) is 0 Å². The van der Waals surface area contributed by atoms with Crippen LogP contribution in [0.2, 0.25) is 0 Å². The van der Waals surface area contributed by atoms with Crippen molar-refractivity contribution in [1.82, 2.24) is 9.55 Å². The van der Waals surface area contributed by atoms with Crippen LogP contribution in [0.1, 0.15) is 55.6 Å². The molecule has 0 saturated carbocycles. The number of pyridine rings is 2. The van der Waals surface area contributed by atoms with Crippen LogP contribution in [0, 0.1) is 0 Å². The van der Waals surface area contributed by atoms with Crippen molar-refractivity contribution in [3.05, 3.63) is 99.1 Å². The highest BCUT2D eigenvalue weighted by atomic mass is 16.5. The van der Waals surface area contributed by atoms with Gasteiger partial charge < -0.3 is 14.0 Å². The van der Waals surface area contributed by atoms with Gasteiger partial charge in [-0.1, -0.05) is 24.3 Å². The number of rotatable bonds is 4. The Morgan fingerprint density at radius 3 is 2.62 bits per heavy atom. The van der Waals surface area contributed by atoms with Crippen LogP contribution in [0.5, 0.6) is 11.5 Å². The molecule has 0 spiro atoms. The summed E-state index contributed by atoms with van der Waals surface area (Å²) in [6.07, 6.45) is 3.40. The molecule has 6 heteroatoms. The molecule has 0 amide bonds. The molecular formula is C31H31N3O3. The van der Waals surface area contributed by atoms with E-state index in [1.807, 2.05) is 48.7 Å². The van der Waals surface area contributed by atoms with Crippen molar-refractivity contribution >= 4 is 16.6 Å². The number of hydrogen-bond donors (Lipinski definition) is 0. The number of aliphatic imine (C=N–C) groups is 1. The molecule has 2 aromatic heterocycles. The molecule has 2 aliphatic heterocycles. The minimum atomic E-state index is -0.334. The Hall–Kier alpha value is -3.93. The van der Waals surface area contributed by atoms with Crippen molar-refractivity contribution in [2.75, 3.05) is 7.11 Å². The highest BCUT2D eigenvalue weighted by Crippen LogP contribution is 2.47. The molecule has 0 aliphatic carbocycles. The Morgan fingerprint density at radius 1 is 1.03 bits per heavy atom. The molecule has 0 N–H and O–H groups in total. The molecule has 0 radical (unpaired) electrons. The van der Waals surface area contributed by atoms with Gasteiger partial charge in [0.1, 0.15) is 5.60 Å². The maximum absolute atomic E-state index is 13.3. The summed E-state index contributed by atoms with van der Waals surface area (Å²) < 4.78 is 13.7. The zero-order chi connectivity index (χ0) is 25.9. The lowest BCUT2D eigenvalue weighted by atomic mass is 9.81. The van der Waals surface area contributed by atoms with Gasteiger partial charge >= 0.3 is 0 Å². The molecule has 4 heterocycles. The predicted molar refractivity (Wildman–Crippen MR) is 146 cm³/mol. The molecule has 6 nitrogen and oxygen atoms in total. The highest BCUT2D eigenvalue weighted by molar-refractivity contribution is 6.16. The average Bonchev–Trinajstić information content (AvgIpc) is 3.18. The summed E-state index contributed by atoms with van der Waals surface area (Å²) in [5, 5.41) is 1.09. The van der Waals surface area contributed by atoms with Crippen LogP contribution in [-0.2, 0) is 19.4 Å². The Labute approximate surface area is 216 Å². The van der Waals surface area contributed by atoms with Crippen molar-refractivity contribution in [3.63, 3.8) is 0 Å². The van der Waals surface area contributed by atoms with Crippen LogP contribution in [0.25, 0.3) is 10.9 Å². The first-order valence-electron chi connectivity index (χ1n) is 12.7. The van der Waals surface area contributed by atoms with E-state index in [9.17, 15) is 4.79 Å². The maximum atomic E-state index is 13.3. The number of para-hydroxylation sites is 1. The molecule has 2 aliphatic rings. The SMILES string of the molecule is COc1cc2c(c3c1OC(C)(C)C3)C(c1ccn(Cc3ccc4ccccc4n3)c(=O)c1)=NC(C)(C)C2. The van der Waals surface area contributed by atoms with Gasteiger partial charge in [-0.05, 0) is 63.9 Å². The smallest absolute Gasteiger partial charge is 0.251 e. The van der Waals surface area contributed by atoms with Gasteiger partial charge in [0.25, 0.3) is 5.56 Å². The predicted octanol–water partition coefficient (Wildman–Crippen LogP) is 5.34. The van der Waals surface area contributed by atoms with E-state index in [1.165, 1.54) is 5.56 Å². The number of methoxy groups -OCH3 is 1. The van der Waals surface area contributed by atoms with E-state index in [0.717, 1.165) is 63.3 Å². The zero-order valence-electron chi connectivity index (χ0n) is 22.0. The Morgan fingerprint density at radius 2 is 1.84 bits per heavy atom. The summed E-state index contributed by atoms with van der Waals surface area (Å²) in [5.41, 5.74) is 6.08. The van der Waals surface area contributed by atoms with Gasteiger partial charge in [-0.2, -0.15) is 0 Å². The molecule has 37 heavy (non-hydrogen) atoms. The van der Waals surface area contributed by atoms with Gasteiger partial charge in [0.05, 0.1) is 36.1 Å². The molecule has 4 aromatic rings. The number of fused-ring (bicyclic) bond motifs is 4. The van der Waals surface area contributed by atoms with Crippen molar-refractivity contribution < 1.29 is 9.47 Å². The first-order chi connectivity index (χ1) is 17.6. The number of hydrogen-bond acceptors (Lipinski definition) is 5. The van der Waals surface area contributed by atoms with Crippen molar-refractivity contribution in [2.45, 2.75) is 58.2 Å². The normalized spacial score (nSPS) is 17.1. The Kier molecular flexibility index (Phi) is 5.26. The second-order valence-corrected chi connectivity index (χ2v) is 11.3. The highest BCUT2D eigenvalue weighted by Gasteiger charge is 2.39. The van der Waals surface area contributed by atoms with E-state index < -0.39 is 0 Å². The van der Waals surface area contributed by atoms with Gasteiger partial charge in [-0.3, -0.25) is 14.8 Å². The minimum Gasteiger partial charge on any atom is -0.493 e. The van der Waals surface area contributed by atoms with Crippen LogP contribution in [0.3, 0.4) is 0 Å². The summed E-state index contributed by atoms with van der Waals surface area (Å²) >= 11 is 0. The lowest BCUT2D eigenvalue weighted by Gasteiger charge is -2.31. The lowest BCUT2D eigenvalue weighted by Crippen LogP contribution is -2.31. The van der Waals surface area contributed by atoms with E-state index in [2.05, 4.69) is 33.8 Å². The zero-order valence-corrected chi connectivity index (χ0v) is 22.0. The number of benzene rings is 2. The van der Waals surface area contributed by atoms with Gasteiger partial charge in [0, 0.05) is 40.8 Å².